The molecule has 0 saturated heterocycles. The smallest absolute Gasteiger partial charge is 0.284 e. The quantitative estimate of drug-likeness (QED) is 0.416. The van der Waals surface area contributed by atoms with Crippen molar-refractivity contribution in [2.24, 2.45) is 10.7 Å². The molecule has 1 atom stereocenters. The molecule has 2 rings (SSSR count). The summed E-state index contributed by atoms with van der Waals surface area (Å²) in [4.78, 5) is 15.7. The van der Waals surface area contributed by atoms with Gasteiger partial charge in [0, 0.05) is 6.54 Å². The van der Waals surface area contributed by atoms with Crippen LogP contribution < -0.4 is 25.8 Å². The fraction of sp³-hybridized carbons (Fsp3) is 0.429. The van der Waals surface area contributed by atoms with Crippen molar-refractivity contribution in [1.82, 2.24) is 10.6 Å². The second-order valence-electron chi connectivity index (χ2n) is 6.26. The van der Waals surface area contributed by atoms with Gasteiger partial charge >= 0.3 is 0 Å². The maximum atomic E-state index is 11.1. The number of ether oxygens (including phenoxy) is 2. The summed E-state index contributed by atoms with van der Waals surface area (Å²) in [7, 11) is 0. The van der Waals surface area contributed by atoms with E-state index in [1.54, 1.807) is 12.1 Å². The standard InChI is InChI=1S/C21H30N4O4/c1-5-23-21(24-13-16-9-11-18(29-16)20(22)26)25-14(4)15-8-10-17(27-6-2)19(12-15)28-7-3/h8-12,14H,5-7,13H2,1-4H3,(H2,22,26)(H2,23,24,25). The number of hydrogen-bond donors (Lipinski definition) is 3. The highest BCUT2D eigenvalue weighted by molar-refractivity contribution is 5.89. The topological polar surface area (TPSA) is 111 Å². The van der Waals surface area contributed by atoms with Gasteiger partial charge in [-0.1, -0.05) is 6.07 Å². The van der Waals surface area contributed by atoms with E-state index >= 15 is 0 Å². The number of nitrogens with zero attached hydrogens (tertiary/aromatic N) is 1. The molecule has 1 unspecified atom stereocenters. The van der Waals surface area contributed by atoms with Crippen LogP contribution in [0.1, 0.15) is 55.6 Å². The third-order valence-electron chi connectivity index (χ3n) is 4.06. The third-order valence-corrected chi connectivity index (χ3v) is 4.06. The van der Waals surface area contributed by atoms with Crippen LogP contribution in [0.15, 0.2) is 39.7 Å². The van der Waals surface area contributed by atoms with E-state index in [1.807, 2.05) is 45.9 Å². The summed E-state index contributed by atoms with van der Waals surface area (Å²) >= 11 is 0. The van der Waals surface area contributed by atoms with Crippen molar-refractivity contribution in [3.63, 3.8) is 0 Å². The molecule has 0 aliphatic rings. The number of amides is 1. The van der Waals surface area contributed by atoms with Crippen LogP contribution in [0.5, 0.6) is 11.5 Å². The van der Waals surface area contributed by atoms with Gasteiger partial charge in [-0.2, -0.15) is 0 Å². The van der Waals surface area contributed by atoms with Gasteiger partial charge in [-0.3, -0.25) is 4.79 Å². The Hall–Kier alpha value is -3.16. The van der Waals surface area contributed by atoms with Crippen LogP contribution in [-0.2, 0) is 6.54 Å². The number of aliphatic imine (C=N–C) groups is 1. The fourth-order valence-corrected chi connectivity index (χ4v) is 2.70. The number of nitrogens with two attached hydrogens (primary N) is 1. The van der Waals surface area contributed by atoms with Gasteiger partial charge in [0.1, 0.15) is 12.3 Å². The van der Waals surface area contributed by atoms with Gasteiger partial charge in [0.15, 0.2) is 23.2 Å². The number of hydrogen-bond acceptors (Lipinski definition) is 5. The highest BCUT2D eigenvalue weighted by atomic mass is 16.5. The fourth-order valence-electron chi connectivity index (χ4n) is 2.70. The zero-order chi connectivity index (χ0) is 21.2. The molecular formula is C21H30N4O4. The summed E-state index contributed by atoms with van der Waals surface area (Å²) in [6, 6.07) is 9.10. The molecule has 0 radical (unpaired) electrons. The third kappa shape index (κ3) is 6.44. The summed E-state index contributed by atoms with van der Waals surface area (Å²) in [5.74, 6) is 2.16. The Morgan fingerprint density at radius 2 is 1.86 bits per heavy atom. The molecule has 4 N–H and O–H groups in total. The molecule has 0 aliphatic heterocycles. The highest BCUT2D eigenvalue weighted by Crippen LogP contribution is 2.30. The molecule has 0 bridgehead atoms. The second-order valence-corrected chi connectivity index (χ2v) is 6.26. The van der Waals surface area contributed by atoms with Crippen LogP contribution in [0.4, 0.5) is 0 Å². The Labute approximate surface area is 171 Å². The van der Waals surface area contributed by atoms with Crippen LogP contribution in [0.3, 0.4) is 0 Å². The molecule has 158 valence electrons. The van der Waals surface area contributed by atoms with Crippen molar-refractivity contribution in [1.29, 1.82) is 0 Å². The number of nitrogens with one attached hydrogen (secondary N) is 2. The lowest BCUT2D eigenvalue weighted by atomic mass is 10.1. The van der Waals surface area contributed by atoms with E-state index in [2.05, 4.69) is 15.6 Å². The summed E-state index contributed by atoms with van der Waals surface area (Å²) < 4.78 is 16.7. The molecule has 0 spiro atoms. The van der Waals surface area contributed by atoms with Gasteiger partial charge in [-0.25, -0.2) is 4.99 Å². The Bertz CT molecular complexity index is 832. The lowest BCUT2D eigenvalue weighted by Crippen LogP contribution is -2.38. The molecule has 0 saturated carbocycles. The van der Waals surface area contributed by atoms with Crippen LogP contribution in [-0.4, -0.2) is 31.6 Å². The van der Waals surface area contributed by atoms with Gasteiger partial charge in [-0.15, -0.1) is 0 Å². The first-order valence-electron chi connectivity index (χ1n) is 9.81. The number of furan rings is 1. The minimum Gasteiger partial charge on any atom is -0.490 e. The van der Waals surface area contributed by atoms with E-state index in [-0.39, 0.29) is 18.3 Å². The van der Waals surface area contributed by atoms with Crippen molar-refractivity contribution >= 4 is 11.9 Å². The zero-order valence-corrected chi connectivity index (χ0v) is 17.5. The number of carbonyl (C=O) groups excluding carboxylic acids is 1. The van der Waals surface area contributed by atoms with Crippen molar-refractivity contribution in [2.75, 3.05) is 19.8 Å². The van der Waals surface area contributed by atoms with Gasteiger partial charge in [0.2, 0.25) is 0 Å². The van der Waals surface area contributed by atoms with E-state index in [0.717, 1.165) is 17.1 Å². The van der Waals surface area contributed by atoms with Crippen LogP contribution >= 0.6 is 0 Å². The Morgan fingerprint density at radius 3 is 2.48 bits per heavy atom. The van der Waals surface area contributed by atoms with E-state index in [4.69, 9.17) is 19.6 Å². The van der Waals surface area contributed by atoms with E-state index in [9.17, 15) is 4.79 Å². The molecule has 29 heavy (non-hydrogen) atoms. The highest BCUT2D eigenvalue weighted by Gasteiger charge is 2.13. The number of primary amides is 1. The molecule has 2 aromatic rings. The van der Waals surface area contributed by atoms with Crippen molar-refractivity contribution in [2.45, 2.75) is 40.3 Å². The molecule has 8 nitrogen and oxygen atoms in total. The Balaban J connectivity index is 2.12. The van der Waals surface area contributed by atoms with Crippen molar-refractivity contribution in [3.8, 4) is 11.5 Å². The van der Waals surface area contributed by atoms with E-state index < -0.39 is 5.91 Å². The minimum absolute atomic E-state index is 0.0273. The summed E-state index contributed by atoms with van der Waals surface area (Å²) in [6.07, 6.45) is 0. The second kappa shape index (κ2) is 11.0. The van der Waals surface area contributed by atoms with Gasteiger partial charge in [0.25, 0.3) is 5.91 Å². The molecule has 0 aliphatic carbocycles. The van der Waals surface area contributed by atoms with E-state index in [0.29, 0.717) is 31.5 Å². The minimum atomic E-state index is -0.598. The SMILES string of the molecule is CCNC(=NCc1ccc(C(N)=O)o1)NC(C)c1ccc(OCC)c(OCC)c1. The number of rotatable bonds is 10. The molecular weight excluding hydrogens is 372 g/mol. The first kappa shape index (κ1) is 22.1. The maximum absolute atomic E-state index is 11.1. The lowest BCUT2D eigenvalue weighted by molar-refractivity contribution is 0.0972. The summed E-state index contributed by atoms with van der Waals surface area (Å²) in [5.41, 5.74) is 6.25. The largest absolute Gasteiger partial charge is 0.490 e. The van der Waals surface area contributed by atoms with Crippen molar-refractivity contribution in [3.05, 3.63) is 47.4 Å². The van der Waals surface area contributed by atoms with Gasteiger partial charge in [0.05, 0.1) is 19.3 Å². The molecule has 1 aromatic heterocycles. The lowest BCUT2D eigenvalue weighted by Gasteiger charge is -2.20. The van der Waals surface area contributed by atoms with E-state index in [1.165, 1.54) is 0 Å². The van der Waals surface area contributed by atoms with Crippen LogP contribution in [0, 0.1) is 0 Å². The summed E-state index contributed by atoms with van der Waals surface area (Å²) in [5, 5.41) is 6.57. The molecule has 1 heterocycles. The molecule has 1 aromatic carbocycles. The molecule has 8 heteroatoms. The first-order chi connectivity index (χ1) is 14.0. The normalized spacial score (nSPS) is 12.3. The number of guanidine groups is 1. The molecule has 1 amide bonds. The predicted octanol–water partition coefficient (Wildman–Crippen LogP) is 2.99. The zero-order valence-electron chi connectivity index (χ0n) is 17.5. The summed E-state index contributed by atoms with van der Waals surface area (Å²) in [6.45, 7) is 10.0. The van der Waals surface area contributed by atoms with Crippen LogP contribution in [0.2, 0.25) is 0 Å². The number of carbonyl (C=O) groups is 1. The monoisotopic (exact) mass is 402 g/mol. The maximum Gasteiger partial charge on any atom is 0.284 e. The average Bonchev–Trinajstić information content (AvgIpc) is 3.17. The van der Waals surface area contributed by atoms with Crippen LogP contribution in [0.25, 0.3) is 0 Å². The Kier molecular flexibility index (Phi) is 8.39. The first-order valence-corrected chi connectivity index (χ1v) is 9.81. The number of benzene rings is 1. The molecule has 0 fully saturated rings. The predicted molar refractivity (Wildman–Crippen MR) is 112 cm³/mol. The van der Waals surface area contributed by atoms with Gasteiger partial charge in [-0.05, 0) is 57.5 Å². The van der Waals surface area contributed by atoms with Gasteiger partial charge < -0.3 is 30.3 Å². The van der Waals surface area contributed by atoms with Crippen molar-refractivity contribution < 1.29 is 18.7 Å². The average molecular weight is 402 g/mol. The Morgan fingerprint density at radius 1 is 1.14 bits per heavy atom.